The molecule has 0 saturated heterocycles. The summed E-state index contributed by atoms with van der Waals surface area (Å²) in [4.78, 5) is 0.849. The molecule has 2 aromatic heterocycles. The van der Waals surface area contributed by atoms with Gasteiger partial charge in [0.1, 0.15) is 5.01 Å². The van der Waals surface area contributed by atoms with Crippen molar-refractivity contribution >= 4 is 38.8 Å². The number of rotatable bonds is 3. The van der Waals surface area contributed by atoms with Gasteiger partial charge in [-0.1, -0.05) is 53.8 Å². The van der Waals surface area contributed by atoms with Gasteiger partial charge >= 0.3 is 0 Å². The van der Waals surface area contributed by atoms with Gasteiger partial charge in [-0.15, -0.1) is 10.2 Å². The second-order valence-corrected chi connectivity index (χ2v) is 6.50. The van der Waals surface area contributed by atoms with Crippen LogP contribution >= 0.6 is 23.1 Å². The van der Waals surface area contributed by atoms with E-state index in [1.165, 1.54) is 10.8 Å². The van der Waals surface area contributed by atoms with Gasteiger partial charge in [-0.05, 0) is 17.0 Å². The quantitative estimate of drug-likeness (QED) is 0.576. The number of nitrogens with zero attached hydrogens (tertiary/aromatic N) is 4. The minimum Gasteiger partial charge on any atom is -0.186 e. The molecule has 0 unspecified atom stereocenters. The Morgan fingerprint density at radius 2 is 1.95 bits per heavy atom. The summed E-state index contributed by atoms with van der Waals surface area (Å²) in [5.74, 6) is 1.72. The smallest absolute Gasteiger partial charge is 0.186 e. The van der Waals surface area contributed by atoms with E-state index in [9.17, 15) is 0 Å². The Morgan fingerprint density at radius 1 is 1.10 bits per heavy atom. The molecule has 21 heavy (non-hydrogen) atoms. The van der Waals surface area contributed by atoms with Gasteiger partial charge in [0.2, 0.25) is 4.96 Å². The first-order valence-corrected chi connectivity index (χ1v) is 8.76. The van der Waals surface area contributed by atoms with Gasteiger partial charge in [0.05, 0.1) is 5.75 Å². The lowest BCUT2D eigenvalue weighted by Crippen LogP contribution is -1.93. The standard InChI is InChI=1S/C15H12N4S2/c1-20-9-13-16-17-15-19(13)18-14(21-15)12-8-4-6-10-5-2-3-7-11(10)12/h2-8H,9H2,1H3. The molecular weight excluding hydrogens is 300 g/mol. The number of hydrogen-bond acceptors (Lipinski definition) is 5. The van der Waals surface area contributed by atoms with Crippen LogP contribution in [0.1, 0.15) is 5.82 Å². The summed E-state index contributed by atoms with van der Waals surface area (Å²) in [6, 6.07) is 14.7. The third-order valence-corrected chi connectivity index (χ3v) is 4.83. The van der Waals surface area contributed by atoms with Crippen molar-refractivity contribution in [3.63, 3.8) is 0 Å². The molecule has 2 heterocycles. The molecular formula is C15H12N4S2. The maximum Gasteiger partial charge on any atom is 0.235 e. The van der Waals surface area contributed by atoms with E-state index < -0.39 is 0 Å². The molecule has 0 aliphatic carbocycles. The van der Waals surface area contributed by atoms with Crippen LogP contribution in [-0.4, -0.2) is 26.1 Å². The normalized spacial score (nSPS) is 11.5. The highest BCUT2D eigenvalue weighted by Gasteiger charge is 2.14. The van der Waals surface area contributed by atoms with Crippen molar-refractivity contribution in [3.8, 4) is 10.6 Å². The Morgan fingerprint density at radius 3 is 2.86 bits per heavy atom. The summed E-state index contributed by atoms with van der Waals surface area (Å²) >= 11 is 3.30. The molecule has 2 aromatic carbocycles. The van der Waals surface area contributed by atoms with Crippen LogP contribution in [0.15, 0.2) is 42.5 Å². The maximum atomic E-state index is 4.71. The lowest BCUT2D eigenvalue weighted by atomic mass is 10.1. The van der Waals surface area contributed by atoms with E-state index in [0.29, 0.717) is 0 Å². The topological polar surface area (TPSA) is 43.1 Å². The molecule has 6 heteroatoms. The lowest BCUT2D eigenvalue weighted by Gasteiger charge is -2.02. The Hall–Kier alpha value is -1.92. The fourth-order valence-corrected chi connectivity index (χ4v) is 3.73. The van der Waals surface area contributed by atoms with Crippen LogP contribution in [-0.2, 0) is 5.75 Å². The van der Waals surface area contributed by atoms with Gasteiger partial charge in [0, 0.05) is 5.56 Å². The van der Waals surface area contributed by atoms with Gasteiger partial charge in [0.25, 0.3) is 0 Å². The van der Waals surface area contributed by atoms with E-state index >= 15 is 0 Å². The highest BCUT2D eigenvalue weighted by molar-refractivity contribution is 7.97. The number of fused-ring (bicyclic) bond motifs is 2. The molecule has 0 atom stereocenters. The third-order valence-electron chi connectivity index (χ3n) is 3.35. The molecule has 104 valence electrons. The molecule has 0 aliphatic rings. The number of benzene rings is 2. The summed E-state index contributed by atoms with van der Waals surface area (Å²) in [6.07, 6.45) is 2.05. The van der Waals surface area contributed by atoms with Crippen LogP contribution in [0.25, 0.3) is 26.3 Å². The van der Waals surface area contributed by atoms with Crippen LogP contribution in [0.3, 0.4) is 0 Å². The van der Waals surface area contributed by atoms with Crippen molar-refractivity contribution in [1.82, 2.24) is 19.8 Å². The zero-order valence-corrected chi connectivity index (χ0v) is 13.0. The zero-order chi connectivity index (χ0) is 14.2. The first-order valence-electron chi connectivity index (χ1n) is 6.55. The Kier molecular flexibility index (Phi) is 3.12. The van der Waals surface area contributed by atoms with Crippen LogP contribution in [0.4, 0.5) is 0 Å². The van der Waals surface area contributed by atoms with Crippen LogP contribution < -0.4 is 0 Å². The van der Waals surface area contributed by atoms with Crippen molar-refractivity contribution in [2.24, 2.45) is 0 Å². The van der Waals surface area contributed by atoms with Gasteiger partial charge in [-0.3, -0.25) is 0 Å². The first kappa shape index (κ1) is 12.8. The molecule has 0 bridgehead atoms. The van der Waals surface area contributed by atoms with E-state index in [4.69, 9.17) is 5.10 Å². The molecule has 0 radical (unpaired) electrons. The predicted molar refractivity (Wildman–Crippen MR) is 88.8 cm³/mol. The van der Waals surface area contributed by atoms with E-state index in [1.54, 1.807) is 23.1 Å². The Balaban J connectivity index is 1.92. The average molecular weight is 312 g/mol. The summed E-state index contributed by atoms with van der Waals surface area (Å²) in [7, 11) is 0. The van der Waals surface area contributed by atoms with E-state index in [2.05, 4.69) is 58.9 Å². The van der Waals surface area contributed by atoms with Gasteiger partial charge in [-0.25, -0.2) is 0 Å². The van der Waals surface area contributed by atoms with Crippen LogP contribution in [0, 0.1) is 0 Å². The number of aromatic nitrogens is 4. The van der Waals surface area contributed by atoms with Crippen molar-refractivity contribution < 1.29 is 0 Å². The van der Waals surface area contributed by atoms with Crippen molar-refractivity contribution in [2.45, 2.75) is 5.75 Å². The highest BCUT2D eigenvalue weighted by Crippen LogP contribution is 2.31. The summed E-state index contributed by atoms with van der Waals surface area (Å²) in [5, 5.41) is 16.5. The van der Waals surface area contributed by atoms with Crippen molar-refractivity contribution in [1.29, 1.82) is 0 Å². The molecule has 0 aliphatic heterocycles. The minimum absolute atomic E-state index is 0.819. The minimum atomic E-state index is 0.819. The monoisotopic (exact) mass is 312 g/mol. The maximum absolute atomic E-state index is 4.71. The average Bonchev–Trinajstić information content (AvgIpc) is 3.09. The predicted octanol–water partition coefficient (Wildman–Crippen LogP) is 3.87. The van der Waals surface area contributed by atoms with E-state index in [0.717, 1.165) is 27.1 Å². The molecule has 4 nitrogen and oxygen atoms in total. The first-order chi connectivity index (χ1) is 10.4. The van der Waals surface area contributed by atoms with E-state index in [1.807, 2.05) is 4.52 Å². The van der Waals surface area contributed by atoms with Crippen LogP contribution in [0.2, 0.25) is 0 Å². The summed E-state index contributed by atoms with van der Waals surface area (Å²) < 4.78 is 1.86. The van der Waals surface area contributed by atoms with Gasteiger partial charge in [-0.2, -0.15) is 21.4 Å². The largest absolute Gasteiger partial charge is 0.235 e. The second-order valence-electron chi connectivity index (χ2n) is 4.68. The summed E-state index contributed by atoms with van der Waals surface area (Å²) in [6.45, 7) is 0. The fraction of sp³-hybridized carbons (Fsp3) is 0.133. The highest BCUT2D eigenvalue weighted by atomic mass is 32.2. The van der Waals surface area contributed by atoms with Crippen molar-refractivity contribution in [3.05, 3.63) is 48.3 Å². The molecule has 0 N–H and O–H groups in total. The third kappa shape index (κ3) is 2.11. The SMILES string of the molecule is CSCc1nnc2sc(-c3cccc4ccccc34)nn12. The molecule has 0 amide bonds. The van der Waals surface area contributed by atoms with Crippen molar-refractivity contribution in [2.75, 3.05) is 6.26 Å². The lowest BCUT2D eigenvalue weighted by molar-refractivity contribution is 0.888. The Bertz CT molecular complexity index is 920. The second kappa shape index (κ2) is 5.13. The molecule has 0 saturated carbocycles. The molecule has 0 spiro atoms. The molecule has 0 fully saturated rings. The fourth-order valence-electron chi connectivity index (χ4n) is 2.40. The van der Waals surface area contributed by atoms with Crippen LogP contribution in [0.5, 0.6) is 0 Å². The molecule has 4 rings (SSSR count). The van der Waals surface area contributed by atoms with E-state index in [-0.39, 0.29) is 0 Å². The van der Waals surface area contributed by atoms with Gasteiger partial charge < -0.3 is 0 Å². The number of thioether (sulfide) groups is 1. The summed E-state index contributed by atoms with van der Waals surface area (Å²) in [5.41, 5.74) is 1.15. The molecule has 4 aromatic rings. The Labute approximate surface area is 129 Å². The zero-order valence-electron chi connectivity index (χ0n) is 11.4. The number of hydrogen-bond donors (Lipinski definition) is 0. The van der Waals surface area contributed by atoms with Gasteiger partial charge in [0.15, 0.2) is 5.82 Å².